The number of aryl methyl sites for hydroxylation is 2. The van der Waals surface area contributed by atoms with E-state index in [1.165, 1.54) is 0 Å². The fraction of sp³-hybridized carbons (Fsp3) is 0.700. The fourth-order valence-corrected chi connectivity index (χ4v) is 4.11. The van der Waals surface area contributed by atoms with E-state index in [2.05, 4.69) is 58.2 Å². The van der Waals surface area contributed by atoms with Crippen molar-refractivity contribution in [1.82, 2.24) is 30.5 Å². The standard InChI is InChI=1S/C20H28N6O3/c1-9(2)17-23-25-20(28-17)16-14(7-10(3)18-21-12(5)26-29-18)15(16)8-11(4)19-24-22-13(6)27-19/h9-11,14-16H,7-8H2,1-6H3. The van der Waals surface area contributed by atoms with E-state index < -0.39 is 0 Å². The third-order valence-corrected chi connectivity index (χ3v) is 5.75. The van der Waals surface area contributed by atoms with Gasteiger partial charge < -0.3 is 13.4 Å². The smallest absolute Gasteiger partial charge is 0.229 e. The molecule has 1 fully saturated rings. The van der Waals surface area contributed by atoms with Crippen molar-refractivity contribution in [3.05, 3.63) is 35.3 Å². The minimum atomic E-state index is 0.169. The van der Waals surface area contributed by atoms with Crippen molar-refractivity contribution in [1.29, 1.82) is 0 Å². The van der Waals surface area contributed by atoms with E-state index in [4.69, 9.17) is 13.4 Å². The van der Waals surface area contributed by atoms with Crippen LogP contribution in [0.4, 0.5) is 0 Å². The molecule has 0 aliphatic heterocycles. The molecule has 0 N–H and O–H groups in total. The van der Waals surface area contributed by atoms with E-state index in [0.29, 0.717) is 41.2 Å². The van der Waals surface area contributed by atoms with Gasteiger partial charge in [-0.15, -0.1) is 20.4 Å². The fourth-order valence-electron chi connectivity index (χ4n) is 4.11. The van der Waals surface area contributed by atoms with Gasteiger partial charge in [-0.25, -0.2) is 0 Å². The number of rotatable bonds is 8. The Hall–Kier alpha value is -2.58. The quantitative estimate of drug-likeness (QED) is 0.545. The zero-order chi connectivity index (χ0) is 20.7. The summed E-state index contributed by atoms with van der Waals surface area (Å²) in [6.07, 6.45) is 1.85. The first-order chi connectivity index (χ1) is 13.8. The van der Waals surface area contributed by atoms with Crippen LogP contribution in [0.5, 0.6) is 0 Å². The summed E-state index contributed by atoms with van der Waals surface area (Å²) in [5.74, 6) is 5.63. The summed E-state index contributed by atoms with van der Waals surface area (Å²) in [4.78, 5) is 4.39. The van der Waals surface area contributed by atoms with Gasteiger partial charge in [0.05, 0.1) is 0 Å². The van der Waals surface area contributed by atoms with Gasteiger partial charge >= 0.3 is 0 Å². The summed E-state index contributed by atoms with van der Waals surface area (Å²) in [7, 11) is 0. The molecule has 9 heteroatoms. The third-order valence-electron chi connectivity index (χ3n) is 5.75. The van der Waals surface area contributed by atoms with Gasteiger partial charge in [0.1, 0.15) is 0 Å². The maximum atomic E-state index is 5.99. The van der Waals surface area contributed by atoms with Crippen LogP contribution in [0, 0.1) is 25.7 Å². The molecule has 0 bridgehead atoms. The lowest BCUT2D eigenvalue weighted by Gasteiger charge is -2.07. The minimum Gasteiger partial charge on any atom is -0.425 e. The van der Waals surface area contributed by atoms with Gasteiger partial charge in [-0.2, -0.15) is 4.98 Å². The summed E-state index contributed by atoms with van der Waals surface area (Å²) in [6, 6.07) is 0. The maximum Gasteiger partial charge on any atom is 0.229 e. The van der Waals surface area contributed by atoms with E-state index in [1.54, 1.807) is 0 Å². The Morgan fingerprint density at radius 3 is 1.97 bits per heavy atom. The van der Waals surface area contributed by atoms with Gasteiger partial charge in [0.15, 0.2) is 5.82 Å². The van der Waals surface area contributed by atoms with Crippen LogP contribution >= 0.6 is 0 Å². The van der Waals surface area contributed by atoms with Crippen LogP contribution < -0.4 is 0 Å². The normalized spacial score (nSPS) is 23.5. The van der Waals surface area contributed by atoms with Crippen LogP contribution in [0.15, 0.2) is 13.4 Å². The van der Waals surface area contributed by atoms with Crippen LogP contribution in [0.2, 0.25) is 0 Å². The van der Waals surface area contributed by atoms with Crippen molar-refractivity contribution < 1.29 is 13.4 Å². The van der Waals surface area contributed by atoms with Gasteiger partial charge in [-0.05, 0) is 31.6 Å². The summed E-state index contributed by atoms with van der Waals surface area (Å²) in [5.41, 5.74) is 0. The van der Waals surface area contributed by atoms with Gasteiger partial charge in [0, 0.05) is 30.6 Å². The molecule has 3 aromatic heterocycles. The largest absolute Gasteiger partial charge is 0.425 e. The van der Waals surface area contributed by atoms with Crippen molar-refractivity contribution in [2.45, 2.75) is 78.1 Å². The number of hydrogen-bond acceptors (Lipinski definition) is 9. The number of nitrogens with zero attached hydrogens (tertiary/aromatic N) is 6. The maximum absolute atomic E-state index is 5.99. The van der Waals surface area contributed by atoms with Crippen molar-refractivity contribution in [2.75, 3.05) is 0 Å². The highest BCUT2D eigenvalue weighted by molar-refractivity contribution is 5.16. The topological polar surface area (TPSA) is 117 Å². The van der Waals surface area contributed by atoms with E-state index in [9.17, 15) is 0 Å². The average Bonchev–Trinajstić information content (AvgIpc) is 3.16. The first-order valence-electron chi connectivity index (χ1n) is 10.3. The zero-order valence-electron chi connectivity index (χ0n) is 17.8. The van der Waals surface area contributed by atoms with Crippen molar-refractivity contribution >= 4 is 0 Å². The average molecular weight is 400 g/mol. The highest BCUT2D eigenvalue weighted by atomic mass is 16.5. The van der Waals surface area contributed by atoms with Gasteiger partial charge in [0.2, 0.25) is 29.5 Å². The van der Waals surface area contributed by atoms with Crippen LogP contribution in [0.25, 0.3) is 0 Å². The zero-order valence-corrected chi connectivity index (χ0v) is 17.8. The van der Waals surface area contributed by atoms with Crippen LogP contribution in [0.1, 0.15) is 99.5 Å². The molecule has 0 amide bonds. The second-order valence-electron chi connectivity index (χ2n) is 8.60. The SMILES string of the molecule is Cc1noc(C(C)CC2C(CC(C)c3nnc(C)o3)C2c2nnc(C(C)C)o2)n1. The molecule has 9 nitrogen and oxygen atoms in total. The summed E-state index contributed by atoms with van der Waals surface area (Å²) in [5, 5.41) is 20.6. The molecule has 1 saturated carbocycles. The van der Waals surface area contributed by atoms with Gasteiger partial charge in [0.25, 0.3) is 0 Å². The lowest BCUT2D eigenvalue weighted by molar-refractivity contribution is 0.341. The minimum absolute atomic E-state index is 0.169. The summed E-state index contributed by atoms with van der Waals surface area (Å²) >= 11 is 0. The van der Waals surface area contributed by atoms with Gasteiger partial charge in [-0.3, -0.25) is 0 Å². The van der Waals surface area contributed by atoms with Crippen molar-refractivity contribution in [3.63, 3.8) is 0 Å². The first-order valence-corrected chi connectivity index (χ1v) is 10.3. The molecule has 156 valence electrons. The van der Waals surface area contributed by atoms with E-state index in [-0.39, 0.29) is 23.7 Å². The lowest BCUT2D eigenvalue weighted by atomic mass is 9.99. The van der Waals surface area contributed by atoms with Gasteiger partial charge in [-0.1, -0.05) is 32.9 Å². The van der Waals surface area contributed by atoms with Crippen molar-refractivity contribution in [2.24, 2.45) is 11.8 Å². The predicted molar refractivity (Wildman–Crippen MR) is 102 cm³/mol. The lowest BCUT2D eigenvalue weighted by Crippen LogP contribution is -2.00. The third kappa shape index (κ3) is 4.09. The van der Waals surface area contributed by atoms with Crippen molar-refractivity contribution in [3.8, 4) is 0 Å². The molecule has 1 aliphatic rings. The Kier molecular flexibility index (Phi) is 5.23. The van der Waals surface area contributed by atoms with Crippen LogP contribution in [-0.2, 0) is 0 Å². The molecule has 5 atom stereocenters. The monoisotopic (exact) mass is 400 g/mol. The predicted octanol–water partition coefficient (Wildman–Crippen LogP) is 4.29. The number of hydrogen-bond donors (Lipinski definition) is 0. The molecular weight excluding hydrogens is 372 g/mol. The molecule has 0 aromatic carbocycles. The first kappa shape index (κ1) is 19.7. The van der Waals surface area contributed by atoms with E-state index >= 15 is 0 Å². The molecule has 1 aliphatic carbocycles. The molecule has 3 aromatic rings. The molecule has 29 heavy (non-hydrogen) atoms. The second-order valence-corrected chi connectivity index (χ2v) is 8.60. The molecule has 0 saturated heterocycles. The Bertz CT molecular complexity index is 907. The Balaban J connectivity index is 1.50. The highest BCUT2D eigenvalue weighted by Gasteiger charge is 2.55. The molecule has 0 spiro atoms. The van der Waals surface area contributed by atoms with Crippen LogP contribution in [-0.4, -0.2) is 30.5 Å². The Labute approximate surface area is 169 Å². The molecule has 4 rings (SSSR count). The molecule has 0 radical (unpaired) electrons. The Morgan fingerprint density at radius 1 is 0.793 bits per heavy atom. The summed E-state index contributed by atoms with van der Waals surface area (Å²) in [6.45, 7) is 12.0. The molecule has 3 heterocycles. The highest BCUT2D eigenvalue weighted by Crippen LogP contribution is 2.60. The van der Waals surface area contributed by atoms with E-state index in [0.717, 1.165) is 18.7 Å². The molecule has 5 unspecified atom stereocenters. The summed E-state index contributed by atoms with van der Waals surface area (Å²) < 4.78 is 17.0. The second kappa shape index (κ2) is 7.68. The number of aromatic nitrogens is 6. The molecular formula is C20H28N6O3. The van der Waals surface area contributed by atoms with Crippen LogP contribution in [0.3, 0.4) is 0 Å². The van der Waals surface area contributed by atoms with E-state index in [1.807, 2.05) is 13.8 Å². The Morgan fingerprint density at radius 2 is 1.45 bits per heavy atom.